The second kappa shape index (κ2) is 6.68. The summed E-state index contributed by atoms with van der Waals surface area (Å²) in [5.41, 5.74) is 0.837. The monoisotopic (exact) mass is 321 g/mol. The Bertz CT molecular complexity index is 696. The lowest BCUT2D eigenvalue weighted by atomic mass is 9.86. The molecule has 2 bridgehead atoms. The molecule has 1 amide bonds. The van der Waals surface area contributed by atoms with Crippen molar-refractivity contribution in [2.24, 2.45) is 17.8 Å². The van der Waals surface area contributed by atoms with Crippen LogP contribution in [0.3, 0.4) is 0 Å². The molecule has 2 aliphatic carbocycles. The minimum atomic E-state index is 0.143. The summed E-state index contributed by atoms with van der Waals surface area (Å²) in [5, 5.41) is 3.02. The Hall–Kier alpha value is -2.29. The number of carbonyl (C=O) groups is 1. The largest absolute Gasteiger partial charge is 0.457 e. The van der Waals surface area contributed by atoms with Gasteiger partial charge in [-0.1, -0.05) is 24.6 Å². The van der Waals surface area contributed by atoms with Crippen molar-refractivity contribution >= 4 is 11.6 Å². The zero-order chi connectivity index (χ0) is 16.4. The predicted molar refractivity (Wildman–Crippen MR) is 95.1 cm³/mol. The van der Waals surface area contributed by atoms with Crippen molar-refractivity contribution in [1.29, 1.82) is 0 Å². The van der Waals surface area contributed by atoms with Gasteiger partial charge in [0.25, 0.3) is 0 Å². The molecule has 0 radical (unpaired) electrons. The predicted octanol–water partition coefficient (Wildman–Crippen LogP) is 5.24. The number of carbonyl (C=O) groups excluding carboxylic acids is 1. The highest BCUT2D eigenvalue weighted by Gasteiger charge is 2.40. The molecular formula is C21H23NO2. The van der Waals surface area contributed by atoms with Crippen LogP contribution in [0.25, 0.3) is 0 Å². The molecule has 2 fully saturated rings. The average molecular weight is 321 g/mol. The van der Waals surface area contributed by atoms with E-state index in [-0.39, 0.29) is 5.91 Å². The number of fused-ring (bicyclic) bond motifs is 2. The Balaban J connectivity index is 1.31. The number of para-hydroxylation sites is 1. The van der Waals surface area contributed by atoms with Crippen LogP contribution in [0.2, 0.25) is 0 Å². The topological polar surface area (TPSA) is 38.3 Å². The Morgan fingerprint density at radius 3 is 2.38 bits per heavy atom. The smallest absolute Gasteiger partial charge is 0.224 e. The number of anilines is 1. The Morgan fingerprint density at radius 1 is 0.958 bits per heavy atom. The van der Waals surface area contributed by atoms with Gasteiger partial charge in [0.1, 0.15) is 11.5 Å². The molecule has 124 valence electrons. The fourth-order valence-corrected chi connectivity index (χ4v) is 4.31. The van der Waals surface area contributed by atoms with Crippen molar-refractivity contribution < 1.29 is 9.53 Å². The first-order valence-electron chi connectivity index (χ1n) is 8.89. The van der Waals surface area contributed by atoms with Gasteiger partial charge in [0, 0.05) is 12.1 Å². The van der Waals surface area contributed by atoms with Crippen molar-refractivity contribution in [2.75, 3.05) is 5.32 Å². The molecule has 3 atom stereocenters. The molecule has 0 spiro atoms. The van der Waals surface area contributed by atoms with Gasteiger partial charge in [0.2, 0.25) is 5.91 Å². The maximum absolute atomic E-state index is 12.3. The highest BCUT2D eigenvalue weighted by Crippen LogP contribution is 2.49. The summed E-state index contributed by atoms with van der Waals surface area (Å²) in [6.07, 6.45) is 5.98. The van der Waals surface area contributed by atoms with E-state index in [2.05, 4.69) is 5.32 Å². The van der Waals surface area contributed by atoms with Crippen LogP contribution in [0.1, 0.15) is 32.1 Å². The van der Waals surface area contributed by atoms with Crippen LogP contribution in [0, 0.1) is 17.8 Å². The molecule has 2 aliphatic rings. The first-order valence-corrected chi connectivity index (χ1v) is 8.89. The van der Waals surface area contributed by atoms with Crippen molar-refractivity contribution in [1.82, 2.24) is 0 Å². The van der Waals surface area contributed by atoms with Gasteiger partial charge < -0.3 is 10.1 Å². The zero-order valence-electron chi connectivity index (χ0n) is 13.8. The van der Waals surface area contributed by atoms with Gasteiger partial charge in [0.15, 0.2) is 0 Å². The van der Waals surface area contributed by atoms with Gasteiger partial charge in [-0.05, 0) is 73.4 Å². The SMILES string of the molecule is O=C(C[C@H]1C[C@@H]2CC[C@H]1C2)Nc1ccc(Oc2ccccc2)cc1. The van der Waals surface area contributed by atoms with Crippen LogP contribution >= 0.6 is 0 Å². The van der Waals surface area contributed by atoms with E-state index in [1.165, 1.54) is 25.7 Å². The summed E-state index contributed by atoms with van der Waals surface area (Å²) in [5.74, 6) is 4.01. The molecule has 0 aliphatic heterocycles. The number of rotatable bonds is 5. The molecular weight excluding hydrogens is 298 g/mol. The molecule has 0 unspecified atom stereocenters. The zero-order valence-corrected chi connectivity index (χ0v) is 13.8. The third kappa shape index (κ3) is 3.45. The summed E-state index contributed by atoms with van der Waals surface area (Å²) in [7, 11) is 0. The summed E-state index contributed by atoms with van der Waals surface area (Å²) in [4.78, 5) is 12.3. The summed E-state index contributed by atoms with van der Waals surface area (Å²) >= 11 is 0. The van der Waals surface area contributed by atoms with E-state index in [1.807, 2.05) is 54.6 Å². The summed E-state index contributed by atoms with van der Waals surface area (Å²) < 4.78 is 5.77. The fourth-order valence-electron chi connectivity index (χ4n) is 4.31. The van der Waals surface area contributed by atoms with E-state index in [1.54, 1.807) is 0 Å². The third-order valence-electron chi connectivity index (χ3n) is 5.45. The lowest BCUT2D eigenvalue weighted by Gasteiger charge is -2.20. The molecule has 0 saturated heterocycles. The number of amides is 1. The van der Waals surface area contributed by atoms with E-state index in [0.717, 1.165) is 29.0 Å². The molecule has 2 aromatic carbocycles. The van der Waals surface area contributed by atoms with Gasteiger partial charge in [-0.15, -0.1) is 0 Å². The molecule has 2 aromatic rings. The van der Waals surface area contributed by atoms with Crippen LogP contribution in [0.15, 0.2) is 54.6 Å². The second-order valence-electron chi connectivity index (χ2n) is 7.13. The van der Waals surface area contributed by atoms with Gasteiger partial charge in [-0.2, -0.15) is 0 Å². The van der Waals surface area contributed by atoms with Crippen LogP contribution in [-0.2, 0) is 4.79 Å². The maximum atomic E-state index is 12.3. The molecule has 0 heterocycles. The summed E-state index contributed by atoms with van der Waals surface area (Å²) in [6.45, 7) is 0. The standard InChI is InChI=1S/C21H23NO2/c23-21(14-17-13-15-6-7-16(17)12-15)22-18-8-10-20(11-9-18)24-19-4-2-1-3-5-19/h1-5,8-11,15-17H,6-7,12-14H2,(H,22,23)/t15-,16+,17-/m1/s1. The number of hydrogen-bond acceptors (Lipinski definition) is 2. The van der Waals surface area contributed by atoms with E-state index >= 15 is 0 Å². The van der Waals surface area contributed by atoms with Gasteiger partial charge in [-0.3, -0.25) is 4.79 Å². The lowest BCUT2D eigenvalue weighted by molar-refractivity contribution is -0.117. The number of hydrogen-bond donors (Lipinski definition) is 1. The first-order chi connectivity index (χ1) is 11.8. The van der Waals surface area contributed by atoms with Crippen LogP contribution < -0.4 is 10.1 Å². The maximum Gasteiger partial charge on any atom is 0.224 e. The van der Waals surface area contributed by atoms with Crippen LogP contribution in [0.4, 0.5) is 5.69 Å². The molecule has 2 saturated carbocycles. The Kier molecular flexibility index (Phi) is 4.24. The minimum absolute atomic E-state index is 0.143. The number of benzene rings is 2. The van der Waals surface area contributed by atoms with Crippen LogP contribution in [-0.4, -0.2) is 5.91 Å². The molecule has 24 heavy (non-hydrogen) atoms. The normalized spacial score (nSPS) is 24.8. The second-order valence-corrected chi connectivity index (χ2v) is 7.13. The van der Waals surface area contributed by atoms with E-state index < -0.39 is 0 Å². The van der Waals surface area contributed by atoms with Gasteiger partial charge >= 0.3 is 0 Å². The van der Waals surface area contributed by atoms with Gasteiger partial charge in [0.05, 0.1) is 0 Å². The van der Waals surface area contributed by atoms with E-state index in [4.69, 9.17) is 4.74 Å². The highest BCUT2D eigenvalue weighted by molar-refractivity contribution is 5.90. The molecule has 3 heteroatoms. The Labute approximate surface area is 143 Å². The molecule has 4 rings (SSSR count). The van der Waals surface area contributed by atoms with Crippen LogP contribution in [0.5, 0.6) is 11.5 Å². The lowest BCUT2D eigenvalue weighted by Crippen LogP contribution is -2.20. The highest BCUT2D eigenvalue weighted by atomic mass is 16.5. The van der Waals surface area contributed by atoms with Crippen molar-refractivity contribution in [3.05, 3.63) is 54.6 Å². The molecule has 3 nitrogen and oxygen atoms in total. The van der Waals surface area contributed by atoms with Crippen molar-refractivity contribution in [2.45, 2.75) is 32.1 Å². The van der Waals surface area contributed by atoms with Crippen molar-refractivity contribution in [3.63, 3.8) is 0 Å². The molecule has 1 N–H and O–H groups in total. The van der Waals surface area contributed by atoms with E-state index in [0.29, 0.717) is 12.3 Å². The number of nitrogens with one attached hydrogen (secondary N) is 1. The summed E-state index contributed by atoms with van der Waals surface area (Å²) in [6, 6.07) is 17.3. The van der Waals surface area contributed by atoms with Crippen molar-refractivity contribution in [3.8, 4) is 11.5 Å². The molecule has 0 aromatic heterocycles. The van der Waals surface area contributed by atoms with Gasteiger partial charge in [-0.25, -0.2) is 0 Å². The first kappa shape index (κ1) is 15.3. The fraction of sp³-hybridized carbons (Fsp3) is 0.381. The number of ether oxygens (including phenoxy) is 1. The van der Waals surface area contributed by atoms with E-state index in [9.17, 15) is 4.79 Å². The quantitative estimate of drug-likeness (QED) is 0.817. The minimum Gasteiger partial charge on any atom is -0.457 e. The third-order valence-corrected chi connectivity index (χ3v) is 5.45. The average Bonchev–Trinajstić information content (AvgIpc) is 3.20. The Morgan fingerprint density at radius 2 is 1.71 bits per heavy atom.